The van der Waals surface area contributed by atoms with E-state index < -0.39 is 75.1 Å². The number of ether oxygens (including phenoxy) is 1. The summed E-state index contributed by atoms with van der Waals surface area (Å²) in [5, 5.41) is 25.6. The number of nitrogen functional groups attached to an aromatic ring is 2. The van der Waals surface area contributed by atoms with Crippen LogP contribution in [0.25, 0.3) is 22.3 Å². The van der Waals surface area contributed by atoms with Crippen molar-refractivity contribution >= 4 is 72.7 Å². The van der Waals surface area contributed by atoms with Gasteiger partial charge in [0.05, 0.1) is 18.5 Å². The Morgan fingerprint density at radius 1 is 1.13 bits per heavy atom. The third-order valence-corrected chi connectivity index (χ3v) is 11.2. The van der Waals surface area contributed by atoms with Crippen molar-refractivity contribution in [3.05, 3.63) is 16.7 Å². The Balaban J connectivity index is 1.28. The second-order valence-electron chi connectivity index (χ2n) is 10.0. The average Bonchev–Trinajstić information content (AvgIpc) is 3.73. The molecule has 0 spiro atoms. The maximum atomic E-state index is 16.8. The number of hydrogen-bond acceptors (Lipinski definition) is 19. The molecular weight excluding hydrogens is 689 g/mol. The van der Waals surface area contributed by atoms with Crippen LogP contribution >= 0.6 is 38.6 Å². The lowest BCUT2D eigenvalue weighted by atomic mass is 10.1. The van der Waals surface area contributed by atoms with Crippen molar-refractivity contribution in [2.24, 2.45) is 0 Å². The lowest BCUT2D eigenvalue weighted by Gasteiger charge is -2.34. The fraction of sp³-hybridized carbons (Fsp3) is 0.556. The standard InChI is InChI=1S/C18H21FN12O10P2S2/c19-17(30-13-8(26-28-30)12(20)22-5-23-13)3-37-6-1-39-43(36,44)41-18(31-14-9(27-29-31)15(33)25-16(21)24-14)4-45-7(10(18)32)2-38-42(34,35)40-11(6)17/h5-7,10-11,32H,1-4H2,(H,34,35)(H,36,44)(H2,20,22,23)(H3,21,24,25,33)/t6-,7-,10-,11-,17-,18+,43?/m1/s1. The van der Waals surface area contributed by atoms with Crippen molar-refractivity contribution in [3.8, 4) is 0 Å². The molecule has 7 heterocycles. The highest BCUT2D eigenvalue weighted by Crippen LogP contribution is 2.61. The predicted molar refractivity (Wildman–Crippen MR) is 151 cm³/mol. The third-order valence-electron chi connectivity index (χ3n) is 7.22. The molecule has 4 aromatic rings. The number of anilines is 2. The van der Waals surface area contributed by atoms with Gasteiger partial charge in [-0.05, 0) is 0 Å². The van der Waals surface area contributed by atoms with Gasteiger partial charge in [-0.3, -0.25) is 27.9 Å². The minimum absolute atomic E-state index is 0.0678. The van der Waals surface area contributed by atoms with Gasteiger partial charge in [0.2, 0.25) is 11.7 Å². The van der Waals surface area contributed by atoms with Crippen LogP contribution in [-0.4, -0.2) is 109 Å². The van der Waals surface area contributed by atoms with Gasteiger partial charge in [0.15, 0.2) is 34.2 Å². The van der Waals surface area contributed by atoms with E-state index in [1.807, 2.05) is 0 Å². The Kier molecular flexibility index (Phi) is 7.26. The van der Waals surface area contributed by atoms with Gasteiger partial charge in [-0.2, -0.15) is 14.3 Å². The summed E-state index contributed by atoms with van der Waals surface area (Å²) in [4.78, 5) is 37.1. The highest BCUT2D eigenvalue weighted by atomic mass is 32.7. The molecule has 22 nitrogen and oxygen atoms in total. The second kappa shape index (κ2) is 10.6. The number of nitrogens with zero attached hydrogens (tertiary/aromatic N) is 9. The molecule has 8 atom stereocenters. The van der Waals surface area contributed by atoms with Gasteiger partial charge < -0.3 is 26.2 Å². The average molecular weight is 711 g/mol. The van der Waals surface area contributed by atoms with E-state index in [1.165, 1.54) is 0 Å². The highest BCUT2D eigenvalue weighted by Gasteiger charge is 2.60. The van der Waals surface area contributed by atoms with E-state index >= 15 is 4.39 Å². The van der Waals surface area contributed by atoms with Crippen molar-refractivity contribution in [1.29, 1.82) is 0 Å². The number of phosphoric acid groups is 1. The normalized spacial score (nSPS) is 37.7. The highest BCUT2D eigenvalue weighted by molar-refractivity contribution is 8.44. The third kappa shape index (κ3) is 5.02. The lowest BCUT2D eigenvalue weighted by Crippen LogP contribution is -2.49. The van der Waals surface area contributed by atoms with Crippen molar-refractivity contribution in [3.63, 3.8) is 0 Å². The number of H-pyrrole nitrogens is 1. The topological polar surface area (TPSA) is 306 Å². The summed E-state index contributed by atoms with van der Waals surface area (Å²) in [6.45, 7) is -6.90. The molecule has 0 aliphatic carbocycles. The maximum Gasteiger partial charge on any atom is 0.472 e. The first kappa shape index (κ1) is 30.8. The number of aromatic amines is 1. The van der Waals surface area contributed by atoms with E-state index in [0.29, 0.717) is 4.68 Å². The second-order valence-corrected chi connectivity index (χ2v) is 15.5. The predicted octanol–water partition coefficient (Wildman–Crippen LogP) is -1.35. The molecule has 3 fully saturated rings. The van der Waals surface area contributed by atoms with E-state index in [0.717, 1.165) is 22.8 Å². The smallest absolute Gasteiger partial charge is 0.387 e. The van der Waals surface area contributed by atoms with Crippen LogP contribution in [-0.2, 0) is 43.5 Å². The molecule has 242 valence electrons. The number of rotatable bonds is 2. The summed E-state index contributed by atoms with van der Waals surface area (Å²) in [6.07, 6.45) is -4.27. The fourth-order valence-corrected chi connectivity index (χ4v) is 9.34. The van der Waals surface area contributed by atoms with Crippen LogP contribution in [0.1, 0.15) is 0 Å². The zero-order valence-corrected chi connectivity index (χ0v) is 25.7. The summed E-state index contributed by atoms with van der Waals surface area (Å²) in [5.74, 6) is -3.55. The van der Waals surface area contributed by atoms with E-state index in [2.05, 4.69) is 52.8 Å². The van der Waals surface area contributed by atoms with Gasteiger partial charge in [-0.15, -0.1) is 22.0 Å². The van der Waals surface area contributed by atoms with Crippen molar-refractivity contribution in [2.45, 2.75) is 35.1 Å². The molecule has 0 radical (unpaired) electrons. The number of halogens is 1. The van der Waals surface area contributed by atoms with Gasteiger partial charge in [-0.25, -0.2) is 23.5 Å². The van der Waals surface area contributed by atoms with E-state index in [-0.39, 0.29) is 39.8 Å². The number of nitrogens with one attached hydrogen (secondary N) is 1. The number of fused-ring (bicyclic) bond motifs is 5. The van der Waals surface area contributed by atoms with E-state index in [1.54, 1.807) is 0 Å². The Hall–Kier alpha value is -2.83. The number of thioether (sulfide) groups is 1. The number of aliphatic hydroxyl groups is 1. The summed E-state index contributed by atoms with van der Waals surface area (Å²) in [6, 6.07) is 0. The number of thiol groups is 1. The van der Waals surface area contributed by atoms with Gasteiger partial charge in [0, 0.05) is 5.75 Å². The first-order valence-corrected chi connectivity index (χ1v) is 17.8. The van der Waals surface area contributed by atoms with E-state index in [9.17, 15) is 23.9 Å². The molecular formula is C18H21FN12O10P2S2. The molecule has 7 N–H and O–H groups in total. The quantitative estimate of drug-likeness (QED) is 0.103. The van der Waals surface area contributed by atoms with Gasteiger partial charge in [-0.1, -0.05) is 22.7 Å². The van der Waals surface area contributed by atoms with Crippen molar-refractivity contribution in [1.82, 2.24) is 49.9 Å². The van der Waals surface area contributed by atoms with Crippen LogP contribution in [0.2, 0.25) is 0 Å². The molecule has 0 aromatic carbocycles. The summed E-state index contributed by atoms with van der Waals surface area (Å²) < 4.78 is 72.6. The van der Waals surface area contributed by atoms with Gasteiger partial charge >= 0.3 is 14.6 Å². The molecule has 45 heavy (non-hydrogen) atoms. The molecule has 3 aliphatic rings. The van der Waals surface area contributed by atoms with Crippen molar-refractivity contribution in [2.75, 3.05) is 37.0 Å². The van der Waals surface area contributed by atoms with Crippen LogP contribution in [0, 0.1) is 0 Å². The molecule has 0 amide bonds. The monoisotopic (exact) mass is 710 g/mol. The zero-order chi connectivity index (χ0) is 31.9. The number of nitrogens with two attached hydrogens (primary N) is 2. The molecule has 0 saturated carbocycles. The number of aromatic nitrogens is 10. The van der Waals surface area contributed by atoms with Gasteiger partial charge in [0.1, 0.15) is 25.1 Å². The SMILES string of the molecule is Nc1nc2c(nnn2[C@@]23CS[C@H](COP(=O)(O)O[C@@H]4[C@@H](COP(=O)(S)O2)OC[C@@]4(F)n2nnc4c(N)ncnc42)[C@H]3O)c(=O)[nH]1. The fourth-order valence-electron chi connectivity index (χ4n) is 5.13. The molecule has 2 bridgehead atoms. The number of hydrogen-bond donors (Lipinski definition) is 6. The first-order chi connectivity index (χ1) is 21.2. The molecule has 4 aromatic heterocycles. The molecule has 7 rings (SSSR count). The molecule has 2 unspecified atom stereocenters. The Morgan fingerprint density at radius 3 is 2.69 bits per heavy atom. The number of phosphoric ester groups is 1. The largest absolute Gasteiger partial charge is 0.472 e. The Bertz CT molecular complexity index is 1980. The van der Waals surface area contributed by atoms with E-state index in [4.69, 9.17) is 34.3 Å². The zero-order valence-electron chi connectivity index (χ0n) is 22.2. The van der Waals surface area contributed by atoms with Crippen molar-refractivity contribution < 1.29 is 46.4 Å². The van der Waals surface area contributed by atoms with Crippen LogP contribution < -0.4 is 17.0 Å². The van der Waals surface area contributed by atoms with Gasteiger partial charge in [0.25, 0.3) is 11.4 Å². The Morgan fingerprint density at radius 2 is 1.89 bits per heavy atom. The summed E-state index contributed by atoms with van der Waals surface area (Å²) in [7, 11) is -5.16. The molecule has 3 saturated heterocycles. The summed E-state index contributed by atoms with van der Waals surface area (Å²) >= 11 is 5.00. The molecule has 3 aliphatic heterocycles. The number of aliphatic hydroxyl groups excluding tert-OH is 1. The van der Waals surface area contributed by atoms with Crippen LogP contribution in [0.5, 0.6) is 0 Å². The van der Waals surface area contributed by atoms with Crippen LogP contribution in [0.4, 0.5) is 16.2 Å². The van der Waals surface area contributed by atoms with Crippen LogP contribution in [0.15, 0.2) is 11.1 Å². The number of alkyl halides is 1. The summed E-state index contributed by atoms with van der Waals surface area (Å²) in [5.41, 5.74) is 7.78. The minimum Gasteiger partial charge on any atom is -0.387 e. The maximum absolute atomic E-state index is 16.8. The lowest BCUT2D eigenvalue weighted by molar-refractivity contribution is -0.102. The Labute approximate surface area is 257 Å². The minimum atomic E-state index is -5.16. The molecule has 27 heteroatoms. The van der Waals surface area contributed by atoms with Crippen LogP contribution in [0.3, 0.4) is 0 Å². The first-order valence-electron chi connectivity index (χ1n) is 12.6.